The number of furan rings is 1. The molecule has 144 valence electrons. The maximum Gasteiger partial charge on any atom is 0.325 e. The summed E-state index contributed by atoms with van der Waals surface area (Å²) >= 11 is 0. The van der Waals surface area contributed by atoms with Gasteiger partial charge in [0.2, 0.25) is 5.91 Å². The third-order valence-corrected chi connectivity index (χ3v) is 4.75. The highest BCUT2D eigenvalue weighted by atomic mass is 16.3. The minimum absolute atomic E-state index is 0.0521. The second kappa shape index (κ2) is 7.59. The molecule has 28 heavy (non-hydrogen) atoms. The van der Waals surface area contributed by atoms with Crippen molar-refractivity contribution in [1.29, 1.82) is 0 Å². The minimum Gasteiger partial charge on any atom is -0.467 e. The molecule has 1 saturated heterocycles. The number of carbonyl (C=O) groups is 3. The summed E-state index contributed by atoms with van der Waals surface area (Å²) in [6, 6.07) is 12.0. The van der Waals surface area contributed by atoms with Gasteiger partial charge in [0.1, 0.15) is 11.8 Å². The van der Waals surface area contributed by atoms with Crippen molar-refractivity contribution >= 4 is 28.7 Å². The number of aromatic nitrogens is 1. The number of carbonyl (C=O) groups excluding carboxylic acids is 3. The van der Waals surface area contributed by atoms with E-state index < -0.39 is 18.0 Å². The normalized spacial score (nSPS) is 16.6. The third kappa shape index (κ3) is 3.62. The standard InChI is InChI=1S/C20H20N4O4/c25-18(21-8-10-23-9-7-14-4-1-2-6-17(14)23)12-16-19(26)24(20(27)22-16)13-15-5-3-11-28-15/h1-7,9,11,16H,8,10,12-13H2,(H,21,25)(H,22,27)/t16-/m1/s1. The molecule has 4 rings (SSSR count). The predicted octanol–water partition coefficient (Wildman–Crippen LogP) is 1.86. The van der Waals surface area contributed by atoms with Crippen molar-refractivity contribution in [3.63, 3.8) is 0 Å². The molecule has 3 aromatic rings. The molecule has 0 bridgehead atoms. The summed E-state index contributed by atoms with van der Waals surface area (Å²) in [5.41, 5.74) is 1.10. The number of rotatable bonds is 7. The highest BCUT2D eigenvalue weighted by molar-refractivity contribution is 6.05. The number of hydrogen-bond acceptors (Lipinski definition) is 4. The molecule has 0 aliphatic carbocycles. The van der Waals surface area contributed by atoms with Crippen LogP contribution in [0.2, 0.25) is 0 Å². The monoisotopic (exact) mass is 380 g/mol. The van der Waals surface area contributed by atoms with Gasteiger partial charge in [-0.25, -0.2) is 4.79 Å². The second-order valence-corrected chi connectivity index (χ2v) is 6.63. The van der Waals surface area contributed by atoms with Crippen LogP contribution in [0.15, 0.2) is 59.3 Å². The fraction of sp³-hybridized carbons (Fsp3) is 0.250. The Labute approximate surface area is 161 Å². The van der Waals surface area contributed by atoms with Crippen molar-refractivity contribution in [2.24, 2.45) is 0 Å². The molecule has 1 atom stereocenters. The first-order valence-electron chi connectivity index (χ1n) is 9.06. The van der Waals surface area contributed by atoms with Crippen LogP contribution in [-0.2, 0) is 22.7 Å². The lowest BCUT2D eigenvalue weighted by atomic mass is 10.2. The van der Waals surface area contributed by atoms with Crippen LogP contribution in [0.4, 0.5) is 4.79 Å². The first kappa shape index (κ1) is 17.8. The van der Waals surface area contributed by atoms with E-state index in [-0.39, 0.29) is 18.9 Å². The van der Waals surface area contributed by atoms with Crippen molar-refractivity contribution in [3.05, 3.63) is 60.7 Å². The van der Waals surface area contributed by atoms with Crippen LogP contribution in [0.5, 0.6) is 0 Å². The fourth-order valence-corrected chi connectivity index (χ4v) is 3.33. The van der Waals surface area contributed by atoms with Crippen LogP contribution in [0, 0.1) is 0 Å². The van der Waals surface area contributed by atoms with Gasteiger partial charge in [0.15, 0.2) is 0 Å². The van der Waals surface area contributed by atoms with Crippen molar-refractivity contribution in [2.75, 3.05) is 6.54 Å². The van der Waals surface area contributed by atoms with E-state index in [0.717, 1.165) is 15.8 Å². The first-order chi connectivity index (χ1) is 13.6. The van der Waals surface area contributed by atoms with E-state index in [0.29, 0.717) is 18.8 Å². The summed E-state index contributed by atoms with van der Waals surface area (Å²) in [6.07, 6.45) is 3.36. The van der Waals surface area contributed by atoms with Crippen LogP contribution >= 0.6 is 0 Å². The van der Waals surface area contributed by atoms with E-state index in [2.05, 4.69) is 15.2 Å². The summed E-state index contributed by atoms with van der Waals surface area (Å²) in [4.78, 5) is 37.7. The van der Waals surface area contributed by atoms with Crippen LogP contribution in [0.3, 0.4) is 0 Å². The van der Waals surface area contributed by atoms with Crippen molar-refractivity contribution in [1.82, 2.24) is 20.1 Å². The average molecular weight is 380 g/mol. The Balaban J connectivity index is 1.28. The predicted molar refractivity (Wildman–Crippen MR) is 101 cm³/mol. The Morgan fingerprint density at radius 1 is 1.14 bits per heavy atom. The lowest BCUT2D eigenvalue weighted by molar-refractivity contribution is -0.131. The minimum atomic E-state index is -0.852. The largest absolute Gasteiger partial charge is 0.467 e. The van der Waals surface area contributed by atoms with Gasteiger partial charge in [0, 0.05) is 24.8 Å². The van der Waals surface area contributed by atoms with Gasteiger partial charge in [0.05, 0.1) is 19.2 Å². The summed E-state index contributed by atoms with van der Waals surface area (Å²) < 4.78 is 7.23. The van der Waals surface area contributed by atoms with E-state index in [9.17, 15) is 14.4 Å². The van der Waals surface area contributed by atoms with Crippen LogP contribution in [0.1, 0.15) is 12.2 Å². The van der Waals surface area contributed by atoms with Gasteiger partial charge in [-0.2, -0.15) is 0 Å². The van der Waals surface area contributed by atoms with E-state index in [1.807, 2.05) is 36.5 Å². The number of nitrogens with zero attached hydrogens (tertiary/aromatic N) is 2. The zero-order valence-electron chi connectivity index (χ0n) is 15.1. The molecule has 2 aromatic heterocycles. The summed E-state index contributed by atoms with van der Waals surface area (Å²) in [6.45, 7) is 1.10. The number of amides is 4. The SMILES string of the molecule is O=C(C[C@H]1NC(=O)N(Cc2ccco2)C1=O)NCCn1ccc2ccccc21. The Bertz CT molecular complexity index is 1010. The molecule has 1 aromatic carbocycles. The maximum absolute atomic E-state index is 12.4. The quantitative estimate of drug-likeness (QED) is 0.612. The molecular weight excluding hydrogens is 360 g/mol. The van der Waals surface area contributed by atoms with Gasteiger partial charge in [0.25, 0.3) is 5.91 Å². The fourth-order valence-electron chi connectivity index (χ4n) is 3.33. The van der Waals surface area contributed by atoms with Gasteiger partial charge < -0.3 is 19.6 Å². The Hall–Kier alpha value is -3.55. The van der Waals surface area contributed by atoms with Crippen molar-refractivity contribution in [3.8, 4) is 0 Å². The molecule has 8 heteroatoms. The third-order valence-electron chi connectivity index (χ3n) is 4.75. The number of nitrogens with one attached hydrogen (secondary N) is 2. The van der Waals surface area contributed by atoms with Gasteiger partial charge in [-0.05, 0) is 29.7 Å². The van der Waals surface area contributed by atoms with E-state index in [4.69, 9.17) is 4.42 Å². The smallest absolute Gasteiger partial charge is 0.325 e. The molecule has 3 heterocycles. The number of para-hydroxylation sites is 1. The molecule has 0 saturated carbocycles. The molecule has 1 fully saturated rings. The van der Waals surface area contributed by atoms with E-state index in [1.54, 1.807) is 12.1 Å². The number of urea groups is 1. The Kier molecular flexibility index (Phi) is 4.84. The Morgan fingerprint density at radius 2 is 2.00 bits per heavy atom. The molecule has 0 radical (unpaired) electrons. The highest BCUT2D eigenvalue weighted by Gasteiger charge is 2.39. The molecule has 1 aliphatic rings. The summed E-state index contributed by atoms with van der Waals surface area (Å²) in [5, 5.41) is 6.51. The number of hydrogen-bond donors (Lipinski definition) is 2. The molecule has 1 aliphatic heterocycles. The van der Waals surface area contributed by atoms with Crippen LogP contribution in [-0.4, -0.2) is 39.9 Å². The molecule has 4 amide bonds. The maximum atomic E-state index is 12.4. The average Bonchev–Trinajstić information content (AvgIpc) is 3.40. The van der Waals surface area contributed by atoms with Crippen LogP contribution in [0.25, 0.3) is 10.9 Å². The topological polar surface area (TPSA) is 96.6 Å². The zero-order chi connectivity index (χ0) is 19.5. The number of benzene rings is 1. The van der Waals surface area contributed by atoms with E-state index in [1.165, 1.54) is 6.26 Å². The van der Waals surface area contributed by atoms with Gasteiger partial charge >= 0.3 is 6.03 Å². The second-order valence-electron chi connectivity index (χ2n) is 6.63. The van der Waals surface area contributed by atoms with E-state index >= 15 is 0 Å². The highest BCUT2D eigenvalue weighted by Crippen LogP contribution is 2.15. The molecule has 2 N–H and O–H groups in total. The first-order valence-corrected chi connectivity index (χ1v) is 9.06. The van der Waals surface area contributed by atoms with Gasteiger partial charge in [-0.1, -0.05) is 18.2 Å². The number of imide groups is 1. The van der Waals surface area contributed by atoms with Crippen molar-refractivity contribution in [2.45, 2.75) is 25.6 Å². The summed E-state index contributed by atoms with van der Waals surface area (Å²) in [5.74, 6) is -0.199. The Morgan fingerprint density at radius 3 is 2.82 bits per heavy atom. The molecular formula is C20H20N4O4. The molecule has 8 nitrogen and oxygen atoms in total. The zero-order valence-corrected chi connectivity index (χ0v) is 15.1. The lowest BCUT2D eigenvalue weighted by Gasteiger charge is -2.12. The molecule has 0 unspecified atom stereocenters. The number of fused-ring (bicyclic) bond motifs is 1. The van der Waals surface area contributed by atoms with Crippen LogP contribution < -0.4 is 10.6 Å². The lowest BCUT2D eigenvalue weighted by Crippen LogP contribution is -2.37. The molecule has 0 spiro atoms. The van der Waals surface area contributed by atoms with Gasteiger partial charge in [-0.15, -0.1) is 0 Å². The summed E-state index contributed by atoms with van der Waals surface area (Å²) in [7, 11) is 0. The van der Waals surface area contributed by atoms with Crippen molar-refractivity contribution < 1.29 is 18.8 Å². The van der Waals surface area contributed by atoms with Gasteiger partial charge in [-0.3, -0.25) is 14.5 Å².